The van der Waals surface area contributed by atoms with E-state index in [1.165, 1.54) is 0 Å². The monoisotopic (exact) mass is 237 g/mol. The summed E-state index contributed by atoms with van der Waals surface area (Å²) in [4.78, 5) is 0. The fraction of sp³-hybridized carbons (Fsp3) is 0.667. The maximum absolute atomic E-state index is 11.8. The summed E-state index contributed by atoms with van der Waals surface area (Å²) in [6.07, 6.45) is -2.66. The minimum Gasteiger partial charge on any atom is -0.370 e. The molecule has 1 aromatic heterocycles. The van der Waals surface area contributed by atoms with Crippen molar-refractivity contribution < 1.29 is 17.9 Å². The Bertz CT molecular complexity index is 311. The van der Waals surface area contributed by atoms with Crippen molar-refractivity contribution in [3.63, 3.8) is 0 Å². The van der Waals surface area contributed by atoms with Crippen LogP contribution in [0.15, 0.2) is 12.3 Å². The molecule has 0 amide bonds. The van der Waals surface area contributed by atoms with Crippen LogP contribution in [-0.4, -0.2) is 36.2 Å². The molecule has 1 heterocycles. The first-order chi connectivity index (χ1) is 7.53. The number of nitrogens with one attached hydrogen (secondary N) is 1. The van der Waals surface area contributed by atoms with Gasteiger partial charge in [-0.15, -0.1) is 0 Å². The second kappa shape index (κ2) is 5.86. The van der Waals surface area contributed by atoms with Gasteiger partial charge < -0.3 is 10.1 Å². The van der Waals surface area contributed by atoms with Crippen LogP contribution in [0.3, 0.4) is 0 Å². The molecule has 0 saturated heterocycles. The van der Waals surface area contributed by atoms with Crippen molar-refractivity contribution in [1.82, 2.24) is 15.1 Å². The van der Waals surface area contributed by atoms with Crippen molar-refractivity contribution >= 4 is 0 Å². The van der Waals surface area contributed by atoms with E-state index in [1.807, 2.05) is 0 Å². The van der Waals surface area contributed by atoms with Crippen LogP contribution in [-0.2, 0) is 17.8 Å². The number of nitrogens with zero attached hydrogens (tertiary/aromatic N) is 2. The van der Waals surface area contributed by atoms with Gasteiger partial charge in [0.2, 0.25) is 0 Å². The minimum absolute atomic E-state index is 0.00208. The number of alkyl halides is 3. The number of ether oxygens (including phenoxy) is 1. The molecular formula is C9H14F3N3O. The molecule has 0 unspecified atom stereocenters. The number of aromatic nitrogens is 2. The zero-order chi connectivity index (χ0) is 12.0. The minimum atomic E-state index is -4.27. The van der Waals surface area contributed by atoms with Gasteiger partial charge in [-0.2, -0.15) is 18.3 Å². The molecular weight excluding hydrogens is 223 g/mol. The molecule has 0 fully saturated rings. The van der Waals surface area contributed by atoms with E-state index in [0.717, 1.165) is 5.69 Å². The van der Waals surface area contributed by atoms with E-state index in [-0.39, 0.29) is 6.61 Å². The lowest BCUT2D eigenvalue weighted by molar-refractivity contribution is -0.174. The van der Waals surface area contributed by atoms with Crippen LogP contribution in [0.5, 0.6) is 0 Å². The van der Waals surface area contributed by atoms with Crippen molar-refractivity contribution in [2.75, 3.05) is 20.3 Å². The van der Waals surface area contributed by atoms with Crippen molar-refractivity contribution in [2.45, 2.75) is 19.3 Å². The Morgan fingerprint density at radius 3 is 2.88 bits per heavy atom. The van der Waals surface area contributed by atoms with Crippen LogP contribution >= 0.6 is 0 Å². The van der Waals surface area contributed by atoms with E-state index >= 15 is 0 Å². The molecule has 4 nitrogen and oxygen atoms in total. The summed E-state index contributed by atoms with van der Waals surface area (Å²) < 4.78 is 41.4. The smallest absolute Gasteiger partial charge is 0.370 e. The third-order valence-corrected chi connectivity index (χ3v) is 1.88. The van der Waals surface area contributed by atoms with Gasteiger partial charge in [0.25, 0.3) is 0 Å². The van der Waals surface area contributed by atoms with Crippen LogP contribution in [0.4, 0.5) is 13.2 Å². The van der Waals surface area contributed by atoms with Gasteiger partial charge in [-0.3, -0.25) is 4.68 Å². The zero-order valence-corrected chi connectivity index (χ0v) is 8.92. The normalized spacial score (nSPS) is 12.0. The molecule has 0 atom stereocenters. The van der Waals surface area contributed by atoms with Gasteiger partial charge in [0.05, 0.1) is 18.8 Å². The fourth-order valence-corrected chi connectivity index (χ4v) is 1.23. The number of halogens is 3. The molecule has 1 N–H and O–H groups in total. The van der Waals surface area contributed by atoms with E-state index in [2.05, 4.69) is 15.2 Å². The SMILES string of the molecule is CNCc1ccnn1CCOCC(F)(F)F. The molecule has 0 aromatic carbocycles. The highest BCUT2D eigenvalue weighted by Crippen LogP contribution is 2.14. The lowest BCUT2D eigenvalue weighted by Gasteiger charge is -2.09. The van der Waals surface area contributed by atoms with Gasteiger partial charge in [0.1, 0.15) is 6.61 Å². The molecule has 0 aliphatic rings. The standard InChI is InChI=1S/C9H14F3N3O/c1-13-6-8-2-3-14-15(8)4-5-16-7-9(10,11)12/h2-3,13H,4-7H2,1H3. The van der Waals surface area contributed by atoms with Gasteiger partial charge in [-0.05, 0) is 13.1 Å². The first-order valence-electron chi connectivity index (χ1n) is 4.82. The number of hydrogen-bond donors (Lipinski definition) is 1. The third kappa shape index (κ3) is 4.63. The molecule has 0 spiro atoms. The van der Waals surface area contributed by atoms with Gasteiger partial charge in [0, 0.05) is 12.7 Å². The molecule has 0 aliphatic heterocycles. The average Bonchev–Trinajstić information content (AvgIpc) is 2.60. The van der Waals surface area contributed by atoms with Crippen LogP contribution < -0.4 is 5.32 Å². The topological polar surface area (TPSA) is 39.1 Å². The van der Waals surface area contributed by atoms with Gasteiger partial charge in [-0.1, -0.05) is 0 Å². The molecule has 1 rings (SSSR count). The summed E-state index contributed by atoms with van der Waals surface area (Å²) in [6, 6.07) is 1.81. The van der Waals surface area contributed by atoms with Crippen LogP contribution in [0.2, 0.25) is 0 Å². The Balaban J connectivity index is 2.29. The Hall–Kier alpha value is -1.08. The highest BCUT2D eigenvalue weighted by atomic mass is 19.4. The third-order valence-electron chi connectivity index (χ3n) is 1.88. The molecule has 16 heavy (non-hydrogen) atoms. The predicted octanol–water partition coefficient (Wildman–Crippen LogP) is 1.18. The van der Waals surface area contributed by atoms with E-state index in [0.29, 0.717) is 13.1 Å². The number of rotatable bonds is 6. The Kier molecular flexibility index (Phi) is 4.75. The zero-order valence-electron chi connectivity index (χ0n) is 8.92. The molecule has 7 heteroatoms. The first-order valence-corrected chi connectivity index (χ1v) is 4.82. The largest absolute Gasteiger partial charge is 0.411 e. The molecule has 1 aromatic rings. The first kappa shape index (κ1) is 13.0. The van der Waals surface area contributed by atoms with Crippen LogP contribution in [0, 0.1) is 0 Å². The number of hydrogen-bond acceptors (Lipinski definition) is 3. The molecule has 92 valence electrons. The highest BCUT2D eigenvalue weighted by molar-refractivity contribution is 4.99. The van der Waals surface area contributed by atoms with Gasteiger partial charge >= 0.3 is 6.18 Å². The Labute approximate surface area is 91.4 Å². The van der Waals surface area contributed by atoms with Crippen molar-refractivity contribution in [3.8, 4) is 0 Å². The summed E-state index contributed by atoms with van der Waals surface area (Å²) in [5.41, 5.74) is 0.915. The summed E-state index contributed by atoms with van der Waals surface area (Å²) in [6.45, 7) is -0.271. The van der Waals surface area contributed by atoms with Crippen molar-refractivity contribution in [3.05, 3.63) is 18.0 Å². The quantitative estimate of drug-likeness (QED) is 0.755. The average molecular weight is 237 g/mol. The molecule has 0 radical (unpaired) electrons. The predicted molar refractivity (Wildman–Crippen MR) is 51.9 cm³/mol. The summed E-state index contributed by atoms with van der Waals surface area (Å²) >= 11 is 0. The van der Waals surface area contributed by atoms with Crippen LogP contribution in [0.25, 0.3) is 0 Å². The molecule has 0 aliphatic carbocycles. The summed E-state index contributed by atoms with van der Waals surface area (Å²) in [5.74, 6) is 0. The molecule has 0 saturated carbocycles. The van der Waals surface area contributed by atoms with Crippen molar-refractivity contribution in [1.29, 1.82) is 0 Å². The van der Waals surface area contributed by atoms with Crippen molar-refractivity contribution in [2.24, 2.45) is 0 Å². The van der Waals surface area contributed by atoms with E-state index < -0.39 is 12.8 Å². The van der Waals surface area contributed by atoms with Crippen LogP contribution in [0.1, 0.15) is 5.69 Å². The second-order valence-corrected chi connectivity index (χ2v) is 3.24. The maximum atomic E-state index is 11.8. The second-order valence-electron chi connectivity index (χ2n) is 3.24. The summed E-state index contributed by atoms with van der Waals surface area (Å²) in [7, 11) is 1.79. The van der Waals surface area contributed by atoms with E-state index in [1.54, 1.807) is 24.0 Å². The van der Waals surface area contributed by atoms with E-state index in [9.17, 15) is 13.2 Å². The van der Waals surface area contributed by atoms with Gasteiger partial charge in [0.15, 0.2) is 0 Å². The lowest BCUT2D eigenvalue weighted by atomic mass is 10.4. The lowest BCUT2D eigenvalue weighted by Crippen LogP contribution is -2.20. The molecule has 0 bridgehead atoms. The summed E-state index contributed by atoms with van der Waals surface area (Å²) in [5, 5.41) is 6.93. The Morgan fingerprint density at radius 1 is 1.50 bits per heavy atom. The fourth-order valence-electron chi connectivity index (χ4n) is 1.23. The maximum Gasteiger partial charge on any atom is 0.411 e. The Morgan fingerprint density at radius 2 is 2.25 bits per heavy atom. The highest BCUT2D eigenvalue weighted by Gasteiger charge is 2.27. The van der Waals surface area contributed by atoms with Gasteiger partial charge in [-0.25, -0.2) is 0 Å². The van der Waals surface area contributed by atoms with E-state index in [4.69, 9.17) is 0 Å².